The summed E-state index contributed by atoms with van der Waals surface area (Å²) in [6, 6.07) is 7.84. The molecule has 3 heterocycles. The molecule has 0 spiro atoms. The molecule has 1 aliphatic rings. The van der Waals surface area contributed by atoms with Crippen molar-refractivity contribution in [2.45, 2.75) is 32.6 Å². The van der Waals surface area contributed by atoms with E-state index in [1.54, 1.807) is 0 Å². The van der Waals surface area contributed by atoms with Crippen molar-refractivity contribution in [3.63, 3.8) is 0 Å². The van der Waals surface area contributed by atoms with Gasteiger partial charge < -0.3 is 14.2 Å². The van der Waals surface area contributed by atoms with Gasteiger partial charge in [0, 0.05) is 31.6 Å². The van der Waals surface area contributed by atoms with Crippen molar-refractivity contribution in [1.29, 1.82) is 0 Å². The number of nitrogens with one attached hydrogen (secondary N) is 1. The van der Waals surface area contributed by atoms with Crippen LogP contribution in [0.1, 0.15) is 46.9 Å². The monoisotopic (exact) mass is 443 g/mol. The van der Waals surface area contributed by atoms with Crippen LogP contribution in [0.2, 0.25) is 0 Å². The first kappa shape index (κ1) is 20.7. The second kappa shape index (κ2) is 8.69. The van der Waals surface area contributed by atoms with E-state index in [-0.39, 0.29) is 5.91 Å². The first-order valence-electron chi connectivity index (χ1n) is 10.1. The molecule has 1 saturated heterocycles. The molecule has 0 aliphatic carbocycles. The lowest BCUT2D eigenvalue weighted by Gasteiger charge is -2.31. The number of H-pyrrole nitrogens is 1. The van der Waals surface area contributed by atoms with Crippen molar-refractivity contribution < 1.29 is 9.53 Å². The molecule has 0 unspecified atom stereocenters. The van der Waals surface area contributed by atoms with Gasteiger partial charge in [0.1, 0.15) is 21.5 Å². The number of hydrogen-bond donors (Lipinski definition) is 1. The molecular formula is C21H25N5O2S2. The number of rotatable bonds is 5. The third kappa shape index (κ3) is 4.04. The fourth-order valence-corrected chi connectivity index (χ4v) is 4.97. The highest BCUT2D eigenvalue weighted by atomic mass is 32.1. The van der Waals surface area contributed by atoms with E-state index in [9.17, 15) is 4.79 Å². The number of thiazole rings is 1. The number of carbonyl (C=O) groups is 1. The van der Waals surface area contributed by atoms with Crippen molar-refractivity contribution in [3.05, 3.63) is 45.4 Å². The number of carbonyl (C=O) groups excluding carboxylic acids is 1. The molecule has 1 fully saturated rings. The molecule has 4 rings (SSSR count). The van der Waals surface area contributed by atoms with Crippen LogP contribution in [-0.4, -0.2) is 50.3 Å². The molecule has 7 nitrogen and oxygen atoms in total. The van der Waals surface area contributed by atoms with Crippen LogP contribution in [0, 0.1) is 11.7 Å². The summed E-state index contributed by atoms with van der Waals surface area (Å²) in [7, 11) is 1.93. The molecule has 0 radical (unpaired) electrons. The van der Waals surface area contributed by atoms with E-state index in [0.717, 1.165) is 45.6 Å². The van der Waals surface area contributed by atoms with Crippen LogP contribution >= 0.6 is 23.6 Å². The quantitative estimate of drug-likeness (QED) is 0.594. The predicted octanol–water partition coefficient (Wildman–Crippen LogP) is 4.33. The second-order valence-electron chi connectivity index (χ2n) is 7.40. The fraction of sp³-hybridized carbons (Fsp3) is 0.429. The minimum Gasteiger partial charge on any atom is -0.494 e. The molecule has 0 atom stereocenters. The summed E-state index contributed by atoms with van der Waals surface area (Å²) in [5.74, 6) is 2.19. The van der Waals surface area contributed by atoms with E-state index in [2.05, 4.69) is 15.2 Å². The van der Waals surface area contributed by atoms with Gasteiger partial charge in [0.25, 0.3) is 5.91 Å². The van der Waals surface area contributed by atoms with Crippen LogP contribution in [0.25, 0.3) is 10.6 Å². The number of piperidine rings is 1. The van der Waals surface area contributed by atoms with Crippen LogP contribution in [0.4, 0.5) is 0 Å². The molecule has 2 aromatic heterocycles. The summed E-state index contributed by atoms with van der Waals surface area (Å²) >= 11 is 6.68. The van der Waals surface area contributed by atoms with E-state index in [4.69, 9.17) is 17.0 Å². The highest BCUT2D eigenvalue weighted by Gasteiger charge is 2.29. The van der Waals surface area contributed by atoms with Crippen molar-refractivity contribution in [2.75, 3.05) is 19.7 Å². The zero-order chi connectivity index (χ0) is 21.3. The summed E-state index contributed by atoms with van der Waals surface area (Å²) < 4.78 is 8.06. The summed E-state index contributed by atoms with van der Waals surface area (Å²) in [6.07, 6.45) is 1.76. The number of aryl methyl sites for hydroxylation is 1. The van der Waals surface area contributed by atoms with Crippen molar-refractivity contribution >= 4 is 29.5 Å². The molecule has 0 bridgehead atoms. The Labute approximate surface area is 184 Å². The van der Waals surface area contributed by atoms with Crippen LogP contribution < -0.4 is 4.74 Å². The molecule has 0 saturated carbocycles. The molecular weight excluding hydrogens is 418 g/mol. The molecule has 1 amide bonds. The Morgan fingerprint density at radius 3 is 2.60 bits per heavy atom. The van der Waals surface area contributed by atoms with Gasteiger partial charge in [-0.3, -0.25) is 9.89 Å². The SMILES string of the molecule is CCOc1ccc(-c2nc(C)c(C(=O)N3CCC(c4n[nH]c(=S)n4C)CC3)s2)cc1. The van der Waals surface area contributed by atoms with Crippen molar-refractivity contribution in [3.8, 4) is 16.3 Å². The number of aromatic nitrogens is 4. The molecule has 158 valence electrons. The van der Waals surface area contributed by atoms with Gasteiger partial charge in [-0.05, 0) is 63.2 Å². The van der Waals surface area contributed by atoms with Gasteiger partial charge in [-0.1, -0.05) is 0 Å². The fourth-order valence-electron chi connectivity index (χ4n) is 3.79. The Kier molecular flexibility index (Phi) is 6.01. The van der Waals surface area contributed by atoms with Crippen LogP contribution in [0.15, 0.2) is 24.3 Å². The topological polar surface area (TPSA) is 76.0 Å². The van der Waals surface area contributed by atoms with Crippen LogP contribution in [0.3, 0.4) is 0 Å². The standard InChI is InChI=1S/C21H25N5O2S2/c1-4-28-16-7-5-15(6-8-16)19-22-13(2)17(30-19)20(27)26-11-9-14(10-12-26)18-23-24-21(29)25(18)3/h5-8,14H,4,9-12H2,1-3H3,(H,24,29). The average molecular weight is 444 g/mol. The first-order chi connectivity index (χ1) is 14.5. The Morgan fingerprint density at radius 1 is 1.30 bits per heavy atom. The number of amides is 1. The number of likely N-dealkylation sites (tertiary alicyclic amines) is 1. The Bertz CT molecular complexity index is 1090. The zero-order valence-electron chi connectivity index (χ0n) is 17.3. The minimum atomic E-state index is 0.0657. The van der Waals surface area contributed by atoms with E-state index < -0.39 is 0 Å². The Morgan fingerprint density at radius 2 is 2.00 bits per heavy atom. The van der Waals surface area contributed by atoms with E-state index >= 15 is 0 Å². The van der Waals surface area contributed by atoms with Gasteiger partial charge in [0.15, 0.2) is 4.77 Å². The highest BCUT2D eigenvalue weighted by Crippen LogP contribution is 2.32. The Hall–Kier alpha value is -2.52. The number of aromatic amines is 1. The first-order valence-corrected chi connectivity index (χ1v) is 11.3. The second-order valence-corrected chi connectivity index (χ2v) is 8.79. The molecule has 1 N–H and O–H groups in total. The van der Waals surface area contributed by atoms with E-state index in [1.165, 1.54) is 11.3 Å². The molecule has 30 heavy (non-hydrogen) atoms. The third-order valence-electron chi connectivity index (χ3n) is 5.46. The number of benzene rings is 1. The lowest BCUT2D eigenvalue weighted by Crippen LogP contribution is -2.38. The Balaban J connectivity index is 1.45. The maximum Gasteiger partial charge on any atom is 0.265 e. The summed E-state index contributed by atoms with van der Waals surface area (Å²) in [4.78, 5) is 20.5. The molecule has 9 heteroatoms. The zero-order valence-corrected chi connectivity index (χ0v) is 19.0. The van der Waals surface area contributed by atoms with Gasteiger partial charge >= 0.3 is 0 Å². The number of hydrogen-bond acceptors (Lipinski definition) is 6. The molecule has 1 aromatic carbocycles. The smallest absolute Gasteiger partial charge is 0.265 e. The van der Waals surface area contributed by atoms with Gasteiger partial charge in [-0.25, -0.2) is 4.98 Å². The van der Waals surface area contributed by atoms with Gasteiger partial charge in [-0.15, -0.1) is 11.3 Å². The van der Waals surface area contributed by atoms with Gasteiger partial charge in [0.2, 0.25) is 0 Å². The summed E-state index contributed by atoms with van der Waals surface area (Å²) in [6.45, 7) is 5.92. The van der Waals surface area contributed by atoms with Gasteiger partial charge in [-0.2, -0.15) is 5.10 Å². The highest BCUT2D eigenvalue weighted by molar-refractivity contribution is 7.71. The summed E-state index contributed by atoms with van der Waals surface area (Å²) in [5.41, 5.74) is 1.78. The number of nitrogens with zero attached hydrogens (tertiary/aromatic N) is 4. The maximum absolute atomic E-state index is 13.2. The van der Waals surface area contributed by atoms with Crippen LogP contribution in [0.5, 0.6) is 5.75 Å². The minimum absolute atomic E-state index is 0.0657. The van der Waals surface area contributed by atoms with E-state index in [1.807, 2.05) is 54.6 Å². The molecule has 3 aromatic rings. The van der Waals surface area contributed by atoms with Crippen molar-refractivity contribution in [1.82, 2.24) is 24.6 Å². The lowest BCUT2D eigenvalue weighted by molar-refractivity contribution is 0.0714. The lowest BCUT2D eigenvalue weighted by atomic mass is 9.96. The average Bonchev–Trinajstić information content (AvgIpc) is 3.31. The van der Waals surface area contributed by atoms with E-state index in [0.29, 0.717) is 30.4 Å². The number of ether oxygens (including phenoxy) is 1. The molecule has 1 aliphatic heterocycles. The van der Waals surface area contributed by atoms with Crippen LogP contribution in [-0.2, 0) is 7.05 Å². The summed E-state index contributed by atoms with van der Waals surface area (Å²) in [5, 5.41) is 8.07. The normalized spacial score (nSPS) is 14.8. The van der Waals surface area contributed by atoms with Gasteiger partial charge in [0.05, 0.1) is 12.3 Å². The third-order valence-corrected chi connectivity index (χ3v) is 7.02. The largest absolute Gasteiger partial charge is 0.494 e. The van der Waals surface area contributed by atoms with Crippen molar-refractivity contribution in [2.24, 2.45) is 7.05 Å². The predicted molar refractivity (Wildman–Crippen MR) is 120 cm³/mol. The maximum atomic E-state index is 13.2.